The molecule has 3 nitrogen and oxygen atoms in total. The van der Waals surface area contributed by atoms with Gasteiger partial charge in [-0.25, -0.2) is 0 Å². The molecule has 0 aliphatic carbocycles. The number of aromatic nitrogens is 1. The average molecular weight is 187 g/mol. The Bertz CT molecular complexity index is 250. The number of rotatable bonds is 2. The number of hydrogen-bond acceptors (Lipinski definition) is 2. The molecule has 1 aromatic heterocycles. The lowest BCUT2D eigenvalue weighted by molar-refractivity contribution is -0.119. The van der Waals surface area contributed by atoms with Gasteiger partial charge in [-0.05, 0) is 19.1 Å². The summed E-state index contributed by atoms with van der Waals surface area (Å²) < 4.78 is 0. The van der Waals surface area contributed by atoms with Crippen LogP contribution in [0.1, 0.15) is 18.5 Å². The molecule has 0 bridgehead atoms. The molecule has 66 valence electrons. The third-order valence-electron chi connectivity index (χ3n) is 1.56. The molecule has 0 aliphatic rings. The van der Waals surface area contributed by atoms with Crippen LogP contribution >= 0.6 is 12.4 Å². The van der Waals surface area contributed by atoms with Gasteiger partial charge in [0.05, 0.1) is 11.6 Å². The van der Waals surface area contributed by atoms with Gasteiger partial charge in [-0.3, -0.25) is 9.78 Å². The highest BCUT2D eigenvalue weighted by Crippen LogP contribution is 2.09. The molecule has 1 rings (SSSR count). The number of hydrogen-bond donors (Lipinski definition) is 1. The first-order valence-electron chi connectivity index (χ1n) is 3.42. The molecule has 0 saturated carbocycles. The number of carbonyl (C=O) groups excluding carboxylic acids is 1. The van der Waals surface area contributed by atoms with E-state index < -0.39 is 0 Å². The van der Waals surface area contributed by atoms with Gasteiger partial charge in [-0.1, -0.05) is 6.07 Å². The molecule has 0 fully saturated rings. The van der Waals surface area contributed by atoms with Gasteiger partial charge >= 0.3 is 0 Å². The van der Waals surface area contributed by atoms with E-state index in [-0.39, 0.29) is 24.2 Å². The minimum Gasteiger partial charge on any atom is -0.369 e. The smallest absolute Gasteiger partial charge is 0.226 e. The lowest BCUT2D eigenvalue weighted by Gasteiger charge is -2.04. The van der Waals surface area contributed by atoms with Crippen molar-refractivity contribution in [2.75, 3.05) is 0 Å². The van der Waals surface area contributed by atoms with Gasteiger partial charge in [0.15, 0.2) is 0 Å². The minimum absolute atomic E-state index is 0. The van der Waals surface area contributed by atoms with E-state index in [9.17, 15) is 4.79 Å². The number of nitrogens with two attached hydrogens (primary N) is 1. The fraction of sp³-hybridized carbons (Fsp3) is 0.250. The van der Waals surface area contributed by atoms with Crippen molar-refractivity contribution in [3.05, 3.63) is 30.1 Å². The van der Waals surface area contributed by atoms with E-state index in [1.54, 1.807) is 25.3 Å². The van der Waals surface area contributed by atoms with Crippen LogP contribution in [0.5, 0.6) is 0 Å². The molecule has 0 aliphatic heterocycles. The lowest BCUT2D eigenvalue weighted by atomic mass is 10.1. The van der Waals surface area contributed by atoms with Crippen molar-refractivity contribution in [3.8, 4) is 0 Å². The predicted molar refractivity (Wildman–Crippen MR) is 49.1 cm³/mol. The largest absolute Gasteiger partial charge is 0.369 e. The number of carbonyl (C=O) groups is 1. The SMILES string of the molecule is CC(C(N)=O)c1ccccn1.Cl. The Morgan fingerprint density at radius 2 is 2.25 bits per heavy atom. The number of nitrogens with zero attached hydrogens (tertiary/aromatic N) is 1. The normalized spacial score (nSPS) is 11.4. The Morgan fingerprint density at radius 3 is 2.67 bits per heavy atom. The third-order valence-corrected chi connectivity index (χ3v) is 1.56. The topological polar surface area (TPSA) is 56.0 Å². The summed E-state index contributed by atoms with van der Waals surface area (Å²) in [5, 5.41) is 0. The first kappa shape index (κ1) is 10.9. The van der Waals surface area contributed by atoms with E-state index in [0.29, 0.717) is 0 Å². The Kier molecular flexibility index (Phi) is 4.29. The summed E-state index contributed by atoms with van der Waals surface area (Å²) in [5.74, 6) is -0.639. The van der Waals surface area contributed by atoms with Crippen LogP contribution in [0.25, 0.3) is 0 Å². The summed E-state index contributed by atoms with van der Waals surface area (Å²) in [6, 6.07) is 5.43. The number of pyridine rings is 1. The van der Waals surface area contributed by atoms with Crippen molar-refractivity contribution >= 4 is 18.3 Å². The molecular weight excluding hydrogens is 176 g/mol. The summed E-state index contributed by atoms with van der Waals surface area (Å²) in [6.07, 6.45) is 1.65. The fourth-order valence-corrected chi connectivity index (χ4v) is 0.778. The molecule has 4 heteroatoms. The van der Waals surface area contributed by atoms with Crippen LogP contribution in [0.2, 0.25) is 0 Å². The van der Waals surface area contributed by atoms with Crippen LogP contribution in [0.3, 0.4) is 0 Å². The third kappa shape index (κ3) is 2.51. The second-order valence-corrected chi connectivity index (χ2v) is 2.38. The van der Waals surface area contributed by atoms with Crippen molar-refractivity contribution in [3.63, 3.8) is 0 Å². The highest BCUT2D eigenvalue weighted by atomic mass is 35.5. The van der Waals surface area contributed by atoms with Crippen molar-refractivity contribution in [2.45, 2.75) is 12.8 Å². The van der Waals surface area contributed by atoms with Gasteiger partial charge in [0.1, 0.15) is 0 Å². The molecule has 1 aromatic rings. The van der Waals surface area contributed by atoms with Crippen LogP contribution in [0.4, 0.5) is 0 Å². The van der Waals surface area contributed by atoms with Gasteiger partial charge in [0, 0.05) is 6.20 Å². The molecule has 1 atom stereocenters. The predicted octanol–water partition coefficient (Wildman–Crippen LogP) is 1.09. The maximum Gasteiger partial charge on any atom is 0.226 e. The zero-order valence-electron chi connectivity index (χ0n) is 6.73. The summed E-state index contributed by atoms with van der Waals surface area (Å²) in [5.41, 5.74) is 5.81. The van der Waals surface area contributed by atoms with Gasteiger partial charge in [0.25, 0.3) is 0 Å². The highest BCUT2D eigenvalue weighted by Gasteiger charge is 2.11. The second-order valence-electron chi connectivity index (χ2n) is 2.38. The van der Waals surface area contributed by atoms with E-state index >= 15 is 0 Å². The molecular formula is C8H11ClN2O. The molecule has 0 saturated heterocycles. The fourth-order valence-electron chi connectivity index (χ4n) is 0.778. The first-order chi connectivity index (χ1) is 5.22. The van der Waals surface area contributed by atoms with Gasteiger partial charge in [-0.15, -0.1) is 12.4 Å². The van der Waals surface area contributed by atoms with Crippen LogP contribution in [-0.2, 0) is 4.79 Å². The van der Waals surface area contributed by atoms with E-state index in [1.165, 1.54) is 0 Å². The Balaban J connectivity index is 0.00000121. The lowest BCUT2D eigenvalue weighted by Crippen LogP contribution is -2.19. The Morgan fingerprint density at radius 1 is 1.58 bits per heavy atom. The molecule has 1 unspecified atom stereocenters. The molecule has 0 spiro atoms. The number of primary amides is 1. The maximum atomic E-state index is 10.7. The average Bonchev–Trinajstić information content (AvgIpc) is 2.05. The summed E-state index contributed by atoms with van der Waals surface area (Å²) in [4.78, 5) is 14.7. The summed E-state index contributed by atoms with van der Waals surface area (Å²) >= 11 is 0. The number of halogens is 1. The van der Waals surface area contributed by atoms with E-state index in [0.717, 1.165) is 5.69 Å². The van der Waals surface area contributed by atoms with Crippen molar-refractivity contribution < 1.29 is 4.79 Å². The minimum atomic E-state index is -0.344. The van der Waals surface area contributed by atoms with Crippen LogP contribution in [0, 0.1) is 0 Å². The quantitative estimate of drug-likeness (QED) is 0.752. The zero-order valence-corrected chi connectivity index (χ0v) is 7.54. The first-order valence-corrected chi connectivity index (χ1v) is 3.42. The molecule has 2 N–H and O–H groups in total. The second kappa shape index (κ2) is 4.72. The van der Waals surface area contributed by atoms with Crippen LogP contribution < -0.4 is 5.73 Å². The Labute approximate surface area is 77.4 Å². The Hall–Kier alpha value is -1.09. The van der Waals surface area contributed by atoms with Crippen LogP contribution in [-0.4, -0.2) is 10.9 Å². The molecule has 0 aromatic carbocycles. The van der Waals surface area contributed by atoms with Gasteiger partial charge < -0.3 is 5.73 Å². The molecule has 1 heterocycles. The number of amides is 1. The monoisotopic (exact) mass is 186 g/mol. The van der Waals surface area contributed by atoms with E-state index in [2.05, 4.69) is 4.98 Å². The highest BCUT2D eigenvalue weighted by molar-refractivity contribution is 5.85. The molecule has 12 heavy (non-hydrogen) atoms. The standard InChI is InChI=1S/C8H10N2O.ClH/c1-6(8(9)11)7-4-2-3-5-10-7;/h2-6H,1H3,(H2,9,11);1H. The van der Waals surface area contributed by atoms with E-state index in [4.69, 9.17) is 5.73 Å². The van der Waals surface area contributed by atoms with Crippen molar-refractivity contribution in [1.82, 2.24) is 4.98 Å². The van der Waals surface area contributed by atoms with Gasteiger partial charge in [0.2, 0.25) is 5.91 Å². The van der Waals surface area contributed by atoms with Crippen molar-refractivity contribution in [1.29, 1.82) is 0 Å². The summed E-state index contributed by atoms with van der Waals surface area (Å²) in [7, 11) is 0. The van der Waals surface area contributed by atoms with Crippen LogP contribution in [0.15, 0.2) is 24.4 Å². The summed E-state index contributed by atoms with van der Waals surface area (Å²) in [6.45, 7) is 1.74. The van der Waals surface area contributed by atoms with Gasteiger partial charge in [-0.2, -0.15) is 0 Å². The maximum absolute atomic E-state index is 10.7. The molecule has 1 amide bonds. The van der Waals surface area contributed by atoms with Crippen molar-refractivity contribution in [2.24, 2.45) is 5.73 Å². The zero-order chi connectivity index (χ0) is 8.27. The van der Waals surface area contributed by atoms with E-state index in [1.807, 2.05) is 6.07 Å². The molecule has 0 radical (unpaired) electrons.